The molecule has 0 bridgehead atoms. The molecule has 0 fully saturated rings. The van der Waals surface area contributed by atoms with Gasteiger partial charge in [-0.25, -0.2) is 0 Å². The molecule has 3 N–H and O–H groups in total. The van der Waals surface area contributed by atoms with E-state index >= 15 is 0 Å². The largest absolute Gasteiger partial charge is 0.487 e. The monoisotopic (exact) mass is 125 g/mol. The van der Waals surface area contributed by atoms with Crippen LogP contribution in [0.1, 0.15) is 0 Å². The van der Waals surface area contributed by atoms with Crippen molar-refractivity contribution in [2.24, 2.45) is 5.73 Å². The van der Waals surface area contributed by atoms with Gasteiger partial charge in [0, 0.05) is 21.7 Å². The molecule has 5 heavy (non-hydrogen) atoms. The molecule has 0 heterocycles. The van der Waals surface area contributed by atoms with E-state index in [0.29, 0.717) is 0 Å². The molecule has 0 rings (SSSR count). The van der Waals surface area contributed by atoms with Crippen molar-refractivity contribution in [1.29, 1.82) is 0 Å². The molecule has 0 aliphatic carbocycles. The second-order valence-corrected chi connectivity index (χ2v) is 0.757. The number of thiocarbonyl (C=S) groups is 1. The van der Waals surface area contributed by atoms with E-state index in [-0.39, 0.29) is 21.7 Å². The van der Waals surface area contributed by atoms with Crippen LogP contribution < -0.4 is 5.73 Å². The van der Waals surface area contributed by atoms with Crippen LogP contribution in [0.5, 0.6) is 0 Å². The molecule has 28 valence electrons. The molecule has 0 unspecified atom stereocenters. The van der Waals surface area contributed by atoms with Crippen LogP contribution >= 0.6 is 12.2 Å². The maximum absolute atomic E-state index is 7.56. The van der Waals surface area contributed by atoms with Crippen molar-refractivity contribution in [3.05, 3.63) is 0 Å². The van der Waals surface area contributed by atoms with Crippen molar-refractivity contribution in [3.8, 4) is 0 Å². The Labute approximate surface area is 50.2 Å². The van der Waals surface area contributed by atoms with Gasteiger partial charge in [-0.2, -0.15) is 0 Å². The summed E-state index contributed by atoms with van der Waals surface area (Å²) in [6, 6.07) is 0. The summed E-state index contributed by atoms with van der Waals surface area (Å²) in [5.74, 6) is 0. The van der Waals surface area contributed by atoms with Gasteiger partial charge in [0.05, 0.1) is 0 Å². The molecule has 4 heteroatoms. The second kappa shape index (κ2) is 4.40. The van der Waals surface area contributed by atoms with E-state index < -0.39 is 5.17 Å². The molecule has 0 saturated heterocycles. The summed E-state index contributed by atoms with van der Waals surface area (Å²) in [5.41, 5.74) is 4.40. The SMILES string of the molecule is NC(O)=S.[Ti]. The van der Waals surface area contributed by atoms with Crippen LogP contribution in [-0.4, -0.2) is 10.3 Å². The minimum Gasteiger partial charge on any atom is -0.487 e. The fourth-order valence-electron chi connectivity index (χ4n) is 0. The van der Waals surface area contributed by atoms with Crippen molar-refractivity contribution in [3.63, 3.8) is 0 Å². The van der Waals surface area contributed by atoms with Gasteiger partial charge in [-0.15, -0.1) is 0 Å². The first-order valence-electron chi connectivity index (χ1n) is 0.716. The zero-order valence-electron chi connectivity index (χ0n) is 2.43. The summed E-state index contributed by atoms with van der Waals surface area (Å²) in [4.78, 5) is 0. The Balaban J connectivity index is 0. The Kier molecular flexibility index (Phi) is 7.97. The molecule has 0 amide bonds. The maximum atomic E-state index is 7.56. The van der Waals surface area contributed by atoms with E-state index in [0.717, 1.165) is 0 Å². The van der Waals surface area contributed by atoms with Gasteiger partial charge in [-0.05, 0) is 12.2 Å². The Morgan fingerprint density at radius 1 is 1.80 bits per heavy atom. The first kappa shape index (κ1) is 9.05. The van der Waals surface area contributed by atoms with Crippen molar-refractivity contribution in [2.45, 2.75) is 0 Å². The first-order valence-corrected chi connectivity index (χ1v) is 1.12. The van der Waals surface area contributed by atoms with Crippen molar-refractivity contribution in [2.75, 3.05) is 0 Å². The number of hydrogen-bond donors (Lipinski definition) is 2. The quantitative estimate of drug-likeness (QED) is 0.347. The Bertz CT molecular complexity index is 34.6. The third kappa shape index (κ3) is 156. The summed E-state index contributed by atoms with van der Waals surface area (Å²) in [7, 11) is 0. The van der Waals surface area contributed by atoms with Gasteiger partial charge in [0.1, 0.15) is 0 Å². The predicted octanol–water partition coefficient (Wildman–Crippen LogP) is -0.214. The van der Waals surface area contributed by atoms with Crippen molar-refractivity contribution in [1.82, 2.24) is 0 Å². The van der Waals surface area contributed by atoms with E-state index in [4.69, 9.17) is 5.11 Å². The van der Waals surface area contributed by atoms with E-state index in [9.17, 15) is 0 Å². The standard InChI is InChI=1S/CH3NOS.Ti/c2-1(3)4;/h(H3,2,3,4);. The zero-order chi connectivity index (χ0) is 3.58. The summed E-state index contributed by atoms with van der Waals surface area (Å²) in [5, 5.41) is 7.06. The minimum absolute atomic E-state index is 0. The van der Waals surface area contributed by atoms with Gasteiger partial charge in [-0.1, -0.05) is 0 Å². The van der Waals surface area contributed by atoms with E-state index in [1.54, 1.807) is 0 Å². The molecular weight excluding hydrogens is 122 g/mol. The van der Waals surface area contributed by atoms with E-state index in [1.807, 2.05) is 0 Å². The molecule has 0 aliphatic heterocycles. The van der Waals surface area contributed by atoms with E-state index in [1.165, 1.54) is 0 Å². The van der Waals surface area contributed by atoms with Crippen LogP contribution in [0.4, 0.5) is 0 Å². The Hall–Kier alpha value is 0.404. The van der Waals surface area contributed by atoms with Gasteiger partial charge in [0.15, 0.2) is 0 Å². The average Bonchev–Trinajstić information content (AvgIpc) is 0.811. The van der Waals surface area contributed by atoms with Crippen LogP contribution in [0, 0.1) is 0 Å². The molecule has 0 saturated carbocycles. The first-order chi connectivity index (χ1) is 1.73. The number of aliphatic hydroxyl groups excluding tert-OH is 1. The van der Waals surface area contributed by atoms with Gasteiger partial charge in [0.2, 0.25) is 0 Å². The summed E-state index contributed by atoms with van der Waals surface area (Å²) in [6.45, 7) is 0. The number of hydrogen-bond acceptors (Lipinski definition) is 1. The van der Waals surface area contributed by atoms with Crippen LogP contribution in [0.3, 0.4) is 0 Å². The molecule has 0 aromatic rings. The number of aliphatic hydroxyl groups is 1. The zero-order valence-corrected chi connectivity index (χ0v) is 4.81. The van der Waals surface area contributed by atoms with Crippen molar-refractivity contribution < 1.29 is 26.8 Å². The molecule has 0 aromatic heterocycles. The van der Waals surface area contributed by atoms with E-state index in [2.05, 4.69) is 18.0 Å². The summed E-state index contributed by atoms with van der Waals surface area (Å²) < 4.78 is 0. The molecule has 0 aromatic carbocycles. The van der Waals surface area contributed by atoms with Gasteiger partial charge >= 0.3 is 0 Å². The topological polar surface area (TPSA) is 46.2 Å². The third-order valence-electron chi connectivity index (χ3n) is 0. The molecule has 0 spiro atoms. The predicted molar refractivity (Wildman–Crippen MR) is 19.4 cm³/mol. The fourth-order valence-corrected chi connectivity index (χ4v) is 0. The smallest absolute Gasteiger partial charge is 0.251 e. The van der Waals surface area contributed by atoms with Gasteiger partial charge in [0.25, 0.3) is 5.17 Å². The fraction of sp³-hybridized carbons (Fsp3) is 0. The average molecular weight is 125 g/mol. The van der Waals surface area contributed by atoms with Crippen LogP contribution in [0.15, 0.2) is 0 Å². The normalized spacial score (nSPS) is 4.80. The Morgan fingerprint density at radius 2 is 1.80 bits per heavy atom. The molecule has 0 aliphatic rings. The van der Waals surface area contributed by atoms with Gasteiger partial charge < -0.3 is 10.8 Å². The molecule has 0 radical (unpaired) electrons. The molecular formula is CH3NOSTi. The number of rotatable bonds is 0. The second-order valence-electron chi connectivity index (χ2n) is 0.338. The third-order valence-corrected chi connectivity index (χ3v) is 0. The van der Waals surface area contributed by atoms with Crippen LogP contribution in [0.25, 0.3) is 0 Å². The van der Waals surface area contributed by atoms with Crippen LogP contribution in [-0.2, 0) is 21.7 Å². The van der Waals surface area contributed by atoms with Crippen molar-refractivity contribution >= 4 is 17.4 Å². The summed E-state index contributed by atoms with van der Waals surface area (Å²) in [6.07, 6.45) is 0. The summed E-state index contributed by atoms with van der Waals surface area (Å²) >= 11 is 3.87. The van der Waals surface area contributed by atoms with Gasteiger partial charge in [-0.3, -0.25) is 0 Å². The Morgan fingerprint density at radius 3 is 1.80 bits per heavy atom. The maximum Gasteiger partial charge on any atom is 0.251 e. The minimum atomic E-state index is -0.500. The van der Waals surface area contributed by atoms with Crippen LogP contribution in [0.2, 0.25) is 0 Å². The molecule has 0 atom stereocenters. The number of nitrogens with two attached hydrogens (primary N) is 1. The molecule has 2 nitrogen and oxygen atoms in total.